The van der Waals surface area contributed by atoms with Gasteiger partial charge in [-0.15, -0.1) is 0 Å². The molecule has 0 aliphatic carbocycles. The first-order chi connectivity index (χ1) is 12.6. The van der Waals surface area contributed by atoms with Crippen LogP contribution in [-0.4, -0.2) is 25.0 Å². The van der Waals surface area contributed by atoms with E-state index in [2.05, 4.69) is 33.9 Å². The lowest BCUT2D eigenvalue weighted by molar-refractivity contribution is 0.0641. The maximum atomic E-state index is 13.0. The molecule has 3 rings (SSSR count). The summed E-state index contributed by atoms with van der Waals surface area (Å²) in [6.45, 7) is 11.6. The number of hydrogen-bond acceptors (Lipinski definition) is 3. The third kappa shape index (κ3) is 3.75. The molecule has 0 fully saturated rings. The average molecular weight is 382 g/mol. The molecule has 0 radical (unpaired) electrons. The molecule has 0 spiro atoms. The number of carbonyl (C=O) groups is 2. The molecule has 0 atom stereocenters. The van der Waals surface area contributed by atoms with E-state index < -0.39 is 8.32 Å². The van der Waals surface area contributed by atoms with Crippen molar-refractivity contribution in [3.8, 4) is 0 Å². The SMILES string of the molecule is CC(C)(C)[Si](C)(C)OCc1cccc2c1C(=O)N(Cc1ccccc1)C2=O. The summed E-state index contributed by atoms with van der Waals surface area (Å²) in [5, 5.41) is 0.0874. The molecule has 2 aromatic carbocycles. The van der Waals surface area contributed by atoms with Gasteiger partial charge in [-0.1, -0.05) is 63.2 Å². The Labute approximate surface area is 162 Å². The number of imide groups is 1. The number of hydrogen-bond donors (Lipinski definition) is 0. The van der Waals surface area contributed by atoms with Crippen molar-refractivity contribution in [1.82, 2.24) is 4.90 Å². The van der Waals surface area contributed by atoms with Crippen LogP contribution < -0.4 is 0 Å². The van der Waals surface area contributed by atoms with Gasteiger partial charge in [-0.3, -0.25) is 14.5 Å². The number of carbonyl (C=O) groups excluding carboxylic acids is 2. The first kappa shape index (κ1) is 19.5. The van der Waals surface area contributed by atoms with E-state index in [1.807, 2.05) is 42.5 Å². The molecule has 0 aromatic heterocycles. The quantitative estimate of drug-likeness (QED) is 0.540. The summed E-state index contributed by atoms with van der Waals surface area (Å²) >= 11 is 0. The van der Waals surface area contributed by atoms with Gasteiger partial charge in [-0.25, -0.2) is 0 Å². The molecule has 1 aliphatic rings. The Morgan fingerprint density at radius 1 is 0.926 bits per heavy atom. The molecule has 0 saturated heterocycles. The number of fused-ring (bicyclic) bond motifs is 1. The molecule has 5 heteroatoms. The van der Waals surface area contributed by atoms with E-state index in [0.717, 1.165) is 11.1 Å². The number of nitrogens with zero attached hydrogens (tertiary/aromatic N) is 1. The predicted molar refractivity (Wildman–Crippen MR) is 109 cm³/mol. The van der Waals surface area contributed by atoms with E-state index in [4.69, 9.17) is 4.43 Å². The molecule has 2 aromatic rings. The summed E-state index contributed by atoms with van der Waals surface area (Å²) in [4.78, 5) is 27.1. The summed E-state index contributed by atoms with van der Waals surface area (Å²) in [6.07, 6.45) is 0. The van der Waals surface area contributed by atoms with E-state index in [9.17, 15) is 9.59 Å². The predicted octanol–water partition coefficient (Wildman–Crippen LogP) is 5.00. The van der Waals surface area contributed by atoms with Crippen LogP contribution in [0, 0.1) is 0 Å². The van der Waals surface area contributed by atoms with E-state index in [1.54, 1.807) is 6.07 Å². The smallest absolute Gasteiger partial charge is 0.262 e. The highest BCUT2D eigenvalue weighted by molar-refractivity contribution is 6.74. The number of rotatable bonds is 5. The van der Waals surface area contributed by atoms with Gasteiger partial charge in [0.15, 0.2) is 8.32 Å². The third-order valence-corrected chi connectivity index (χ3v) is 10.1. The highest BCUT2D eigenvalue weighted by atomic mass is 28.4. The summed E-state index contributed by atoms with van der Waals surface area (Å²) in [6, 6.07) is 15.0. The Bertz CT molecular complexity index is 869. The van der Waals surface area contributed by atoms with Crippen molar-refractivity contribution in [3.05, 3.63) is 70.8 Å². The van der Waals surface area contributed by atoms with E-state index in [1.165, 1.54) is 4.90 Å². The molecule has 142 valence electrons. The van der Waals surface area contributed by atoms with Crippen LogP contribution >= 0.6 is 0 Å². The van der Waals surface area contributed by atoms with Crippen molar-refractivity contribution in [2.24, 2.45) is 0 Å². The molecular weight excluding hydrogens is 354 g/mol. The maximum absolute atomic E-state index is 13.0. The summed E-state index contributed by atoms with van der Waals surface area (Å²) < 4.78 is 6.30. The normalized spacial score (nSPS) is 14.6. The molecule has 1 heterocycles. The Morgan fingerprint density at radius 3 is 2.22 bits per heavy atom. The average Bonchev–Trinajstić information content (AvgIpc) is 2.85. The fourth-order valence-electron chi connectivity index (χ4n) is 2.91. The first-order valence-electron chi connectivity index (χ1n) is 9.28. The lowest BCUT2D eigenvalue weighted by Crippen LogP contribution is -2.40. The molecule has 27 heavy (non-hydrogen) atoms. The summed E-state index contributed by atoms with van der Waals surface area (Å²) in [5.74, 6) is -0.457. The third-order valence-electron chi connectivity index (χ3n) is 5.66. The largest absolute Gasteiger partial charge is 0.413 e. The minimum absolute atomic E-state index is 0.0874. The molecule has 0 bridgehead atoms. The van der Waals surface area contributed by atoms with Crippen LogP contribution in [0.15, 0.2) is 48.5 Å². The number of amides is 2. The van der Waals surface area contributed by atoms with Crippen LogP contribution in [0.4, 0.5) is 0 Å². The van der Waals surface area contributed by atoms with Gasteiger partial charge < -0.3 is 4.43 Å². The van der Waals surface area contributed by atoms with Crippen LogP contribution in [-0.2, 0) is 17.6 Å². The van der Waals surface area contributed by atoms with Crippen molar-refractivity contribution >= 4 is 20.1 Å². The second-order valence-electron chi connectivity index (χ2n) is 8.57. The van der Waals surface area contributed by atoms with Gasteiger partial charge in [0.05, 0.1) is 24.3 Å². The summed E-state index contributed by atoms with van der Waals surface area (Å²) in [5.41, 5.74) is 2.71. The van der Waals surface area contributed by atoms with Crippen LogP contribution in [0.2, 0.25) is 18.1 Å². The van der Waals surface area contributed by atoms with E-state index >= 15 is 0 Å². The molecule has 2 amide bonds. The molecule has 0 N–H and O–H groups in total. The van der Waals surface area contributed by atoms with E-state index in [0.29, 0.717) is 17.7 Å². The van der Waals surface area contributed by atoms with Crippen molar-refractivity contribution < 1.29 is 14.0 Å². The van der Waals surface area contributed by atoms with E-state index in [-0.39, 0.29) is 23.4 Å². The van der Waals surface area contributed by atoms with Gasteiger partial charge >= 0.3 is 0 Å². The molecule has 4 nitrogen and oxygen atoms in total. The van der Waals surface area contributed by atoms with Gasteiger partial charge in [0.2, 0.25) is 0 Å². The zero-order chi connectivity index (χ0) is 19.8. The lowest BCUT2D eigenvalue weighted by atomic mass is 10.0. The molecule has 0 unspecified atom stereocenters. The van der Waals surface area contributed by atoms with Gasteiger partial charge in [-0.2, -0.15) is 0 Å². The van der Waals surface area contributed by atoms with Crippen molar-refractivity contribution in [3.63, 3.8) is 0 Å². The van der Waals surface area contributed by atoms with Crippen LogP contribution in [0.1, 0.15) is 52.6 Å². The zero-order valence-corrected chi connectivity index (χ0v) is 17.7. The van der Waals surface area contributed by atoms with Gasteiger partial charge in [-0.05, 0) is 35.3 Å². The van der Waals surface area contributed by atoms with Gasteiger partial charge in [0, 0.05) is 0 Å². The fraction of sp³-hybridized carbons (Fsp3) is 0.364. The maximum Gasteiger partial charge on any atom is 0.262 e. The van der Waals surface area contributed by atoms with Crippen LogP contribution in [0.25, 0.3) is 0 Å². The van der Waals surface area contributed by atoms with Crippen LogP contribution in [0.5, 0.6) is 0 Å². The Balaban J connectivity index is 1.85. The Hall–Kier alpha value is -2.24. The van der Waals surface area contributed by atoms with Gasteiger partial charge in [0.1, 0.15) is 0 Å². The zero-order valence-electron chi connectivity index (χ0n) is 16.7. The van der Waals surface area contributed by atoms with Crippen molar-refractivity contribution in [2.45, 2.75) is 52.1 Å². The van der Waals surface area contributed by atoms with Crippen LogP contribution in [0.3, 0.4) is 0 Å². The monoisotopic (exact) mass is 381 g/mol. The van der Waals surface area contributed by atoms with Gasteiger partial charge in [0.25, 0.3) is 11.8 Å². The summed E-state index contributed by atoms with van der Waals surface area (Å²) in [7, 11) is -1.95. The Kier molecular flexibility index (Phi) is 5.10. The van der Waals surface area contributed by atoms with Crippen molar-refractivity contribution in [2.75, 3.05) is 0 Å². The second kappa shape index (κ2) is 7.06. The second-order valence-corrected chi connectivity index (χ2v) is 13.4. The molecular formula is C22H27NO3Si. The Morgan fingerprint density at radius 2 is 1.59 bits per heavy atom. The highest BCUT2D eigenvalue weighted by Gasteiger charge is 2.40. The first-order valence-corrected chi connectivity index (χ1v) is 12.2. The lowest BCUT2D eigenvalue weighted by Gasteiger charge is -2.36. The highest BCUT2D eigenvalue weighted by Crippen LogP contribution is 2.37. The fourth-order valence-corrected chi connectivity index (χ4v) is 3.86. The minimum atomic E-state index is -1.95. The molecule has 1 aliphatic heterocycles. The molecule has 0 saturated carbocycles. The number of benzene rings is 2. The van der Waals surface area contributed by atoms with Crippen molar-refractivity contribution in [1.29, 1.82) is 0 Å². The standard InChI is InChI=1S/C22H27NO3Si/c1-22(2,3)27(4,5)26-15-17-12-9-13-18-19(17)21(25)23(20(18)24)14-16-10-7-6-8-11-16/h6-13H,14-15H2,1-5H3. The topological polar surface area (TPSA) is 46.6 Å². The minimum Gasteiger partial charge on any atom is -0.413 e.